The molecule has 0 spiro atoms. The Hall–Kier alpha value is -3.42. The van der Waals surface area contributed by atoms with E-state index in [4.69, 9.17) is 28.4 Å². The van der Waals surface area contributed by atoms with Crippen LogP contribution in [0, 0.1) is 11.8 Å². The van der Waals surface area contributed by atoms with Crippen LogP contribution in [0.4, 0.5) is 0 Å². The standard InChI is InChI=1S/C22H20O8/c1-25-16-6-11(7-17(26-2)20(16)27-3)18-12-8-15-14(28-9-29-15)5-10(12)4-13-19(18)22(24)30-21(13)23/h5-8,13,18-19H,4,9H2,1-3H3/t13-,18-,19+/m1/s1. The summed E-state index contributed by atoms with van der Waals surface area (Å²) in [5, 5.41) is 0. The van der Waals surface area contributed by atoms with Gasteiger partial charge in [0.15, 0.2) is 23.0 Å². The summed E-state index contributed by atoms with van der Waals surface area (Å²) in [4.78, 5) is 25.1. The van der Waals surface area contributed by atoms with Crippen molar-refractivity contribution in [1.29, 1.82) is 0 Å². The van der Waals surface area contributed by atoms with Crippen LogP contribution in [0.1, 0.15) is 22.6 Å². The number of benzene rings is 2. The van der Waals surface area contributed by atoms with Gasteiger partial charge >= 0.3 is 11.9 Å². The third-order valence-corrected chi connectivity index (χ3v) is 6.02. The maximum atomic E-state index is 12.7. The Balaban J connectivity index is 1.73. The monoisotopic (exact) mass is 412 g/mol. The minimum absolute atomic E-state index is 0.140. The van der Waals surface area contributed by atoms with E-state index >= 15 is 0 Å². The van der Waals surface area contributed by atoms with Gasteiger partial charge in [0.2, 0.25) is 12.5 Å². The molecule has 2 aromatic rings. The van der Waals surface area contributed by atoms with Gasteiger partial charge in [-0.25, -0.2) is 0 Å². The number of hydrogen-bond donors (Lipinski definition) is 0. The van der Waals surface area contributed by atoms with Crippen molar-refractivity contribution in [3.8, 4) is 28.7 Å². The Morgan fingerprint density at radius 3 is 2.17 bits per heavy atom. The van der Waals surface area contributed by atoms with E-state index in [0.29, 0.717) is 35.2 Å². The Labute approximate surface area is 172 Å². The zero-order valence-electron chi connectivity index (χ0n) is 16.7. The van der Waals surface area contributed by atoms with Gasteiger partial charge < -0.3 is 28.4 Å². The maximum Gasteiger partial charge on any atom is 0.318 e. The summed E-state index contributed by atoms with van der Waals surface area (Å²) in [7, 11) is 4.59. The molecule has 0 bridgehead atoms. The molecule has 2 heterocycles. The summed E-state index contributed by atoms with van der Waals surface area (Å²) >= 11 is 0. The summed E-state index contributed by atoms with van der Waals surface area (Å²) in [5.74, 6) is -0.0350. The zero-order chi connectivity index (χ0) is 21.0. The molecule has 0 radical (unpaired) electrons. The van der Waals surface area contributed by atoms with Crippen molar-refractivity contribution in [2.75, 3.05) is 28.1 Å². The van der Waals surface area contributed by atoms with Crippen molar-refractivity contribution >= 4 is 11.9 Å². The fraction of sp³-hybridized carbons (Fsp3) is 0.364. The smallest absolute Gasteiger partial charge is 0.318 e. The molecule has 0 amide bonds. The fourth-order valence-electron chi connectivity index (χ4n) is 4.70. The third-order valence-electron chi connectivity index (χ3n) is 6.02. The largest absolute Gasteiger partial charge is 0.493 e. The van der Waals surface area contributed by atoms with Gasteiger partial charge in [0.05, 0.1) is 33.2 Å². The van der Waals surface area contributed by atoms with E-state index in [1.54, 1.807) is 12.1 Å². The van der Waals surface area contributed by atoms with E-state index in [1.165, 1.54) is 21.3 Å². The zero-order valence-corrected chi connectivity index (χ0v) is 16.7. The second-order valence-corrected chi connectivity index (χ2v) is 7.42. The van der Waals surface area contributed by atoms with E-state index in [9.17, 15) is 9.59 Å². The molecule has 8 nitrogen and oxygen atoms in total. The first-order valence-electron chi connectivity index (χ1n) is 9.53. The average Bonchev–Trinajstić information content (AvgIpc) is 3.32. The predicted octanol–water partition coefficient (Wildman–Crippen LogP) is 2.44. The van der Waals surface area contributed by atoms with Crippen molar-refractivity contribution in [3.63, 3.8) is 0 Å². The summed E-state index contributed by atoms with van der Waals surface area (Å²) in [5.41, 5.74) is 2.57. The number of esters is 2. The minimum Gasteiger partial charge on any atom is -0.493 e. The molecule has 0 aromatic heterocycles. The topological polar surface area (TPSA) is 89.5 Å². The minimum atomic E-state index is -0.645. The number of carbonyl (C=O) groups excluding carboxylic acids is 2. The molecule has 2 aromatic carbocycles. The van der Waals surface area contributed by atoms with Crippen LogP contribution in [0.15, 0.2) is 24.3 Å². The van der Waals surface area contributed by atoms with Gasteiger partial charge in [0.1, 0.15) is 0 Å². The SMILES string of the molecule is COc1cc([C@@H]2c3cc4c(cc3C[C@H]3C(=O)OC(=O)[C@H]23)OCO4)cc(OC)c1OC. The lowest BCUT2D eigenvalue weighted by Gasteiger charge is -2.33. The van der Waals surface area contributed by atoms with E-state index in [2.05, 4.69) is 0 Å². The predicted molar refractivity (Wildman–Crippen MR) is 102 cm³/mol. The van der Waals surface area contributed by atoms with Gasteiger partial charge in [-0.2, -0.15) is 0 Å². The van der Waals surface area contributed by atoms with Crippen molar-refractivity contribution in [3.05, 3.63) is 41.0 Å². The number of fused-ring (bicyclic) bond motifs is 3. The molecule has 1 saturated heterocycles. The number of rotatable bonds is 4. The lowest BCUT2D eigenvalue weighted by Crippen LogP contribution is -2.32. The fourth-order valence-corrected chi connectivity index (χ4v) is 4.70. The van der Waals surface area contributed by atoms with Gasteiger partial charge in [-0.3, -0.25) is 9.59 Å². The van der Waals surface area contributed by atoms with Gasteiger partial charge in [-0.05, 0) is 47.4 Å². The van der Waals surface area contributed by atoms with Crippen molar-refractivity contribution in [1.82, 2.24) is 0 Å². The Morgan fingerprint density at radius 2 is 1.53 bits per heavy atom. The van der Waals surface area contributed by atoms with Gasteiger partial charge in [-0.15, -0.1) is 0 Å². The molecular weight excluding hydrogens is 392 g/mol. The highest BCUT2D eigenvalue weighted by atomic mass is 16.7. The van der Waals surface area contributed by atoms with Crippen LogP contribution in [0.5, 0.6) is 28.7 Å². The van der Waals surface area contributed by atoms with Crippen LogP contribution in [0.2, 0.25) is 0 Å². The highest BCUT2D eigenvalue weighted by Crippen LogP contribution is 2.52. The summed E-state index contributed by atoms with van der Waals surface area (Å²) in [6, 6.07) is 7.38. The molecule has 0 N–H and O–H groups in total. The van der Waals surface area contributed by atoms with E-state index in [-0.39, 0.29) is 6.79 Å². The highest BCUT2D eigenvalue weighted by molar-refractivity contribution is 5.98. The maximum absolute atomic E-state index is 12.7. The van der Waals surface area contributed by atoms with Crippen LogP contribution >= 0.6 is 0 Å². The number of cyclic esters (lactones) is 2. The van der Waals surface area contributed by atoms with Crippen molar-refractivity contribution < 1.29 is 38.0 Å². The van der Waals surface area contributed by atoms with Gasteiger partial charge in [-0.1, -0.05) is 0 Å². The molecule has 30 heavy (non-hydrogen) atoms. The Morgan fingerprint density at radius 1 is 0.867 bits per heavy atom. The second-order valence-electron chi connectivity index (χ2n) is 7.42. The summed E-state index contributed by atoms with van der Waals surface area (Å²) in [6.45, 7) is 0.140. The molecule has 2 aliphatic heterocycles. The van der Waals surface area contributed by atoms with Crippen LogP contribution in [0.3, 0.4) is 0 Å². The van der Waals surface area contributed by atoms with Gasteiger partial charge in [0.25, 0.3) is 0 Å². The molecular formula is C22H20O8. The number of ether oxygens (including phenoxy) is 6. The molecule has 0 saturated carbocycles. The molecule has 1 aliphatic carbocycles. The number of hydrogen-bond acceptors (Lipinski definition) is 8. The van der Waals surface area contributed by atoms with Crippen molar-refractivity contribution in [2.24, 2.45) is 11.8 Å². The quantitative estimate of drug-likeness (QED) is 0.559. The van der Waals surface area contributed by atoms with Crippen LogP contribution in [-0.4, -0.2) is 40.1 Å². The Kier molecular flexibility index (Phi) is 4.23. The Bertz CT molecular complexity index is 1030. The molecule has 156 valence electrons. The summed E-state index contributed by atoms with van der Waals surface area (Å²) < 4.78 is 32.5. The first-order valence-corrected chi connectivity index (χ1v) is 9.53. The molecule has 3 aliphatic rings. The van der Waals surface area contributed by atoms with Gasteiger partial charge in [0, 0.05) is 5.92 Å². The molecule has 1 fully saturated rings. The van der Waals surface area contributed by atoms with Crippen LogP contribution in [-0.2, 0) is 20.7 Å². The molecule has 3 atom stereocenters. The molecule has 0 unspecified atom stereocenters. The summed E-state index contributed by atoms with van der Waals surface area (Å²) in [6.07, 6.45) is 0.405. The molecule has 8 heteroatoms. The normalized spacial score (nSPS) is 23.5. The van der Waals surface area contributed by atoms with Crippen LogP contribution < -0.4 is 23.7 Å². The second kappa shape index (κ2) is 6.83. The highest BCUT2D eigenvalue weighted by Gasteiger charge is 2.53. The van der Waals surface area contributed by atoms with E-state index in [0.717, 1.165) is 16.7 Å². The number of carbonyl (C=O) groups is 2. The molecule has 5 rings (SSSR count). The van der Waals surface area contributed by atoms with Crippen molar-refractivity contribution in [2.45, 2.75) is 12.3 Å². The lowest BCUT2D eigenvalue weighted by molar-refractivity contribution is -0.153. The van der Waals surface area contributed by atoms with E-state index < -0.39 is 29.7 Å². The first-order chi connectivity index (χ1) is 14.5. The lowest BCUT2D eigenvalue weighted by atomic mass is 9.67. The van der Waals surface area contributed by atoms with E-state index in [1.807, 2.05) is 12.1 Å². The average molecular weight is 412 g/mol. The third kappa shape index (κ3) is 2.59. The van der Waals surface area contributed by atoms with Crippen LogP contribution in [0.25, 0.3) is 0 Å². The number of methoxy groups -OCH3 is 3. The first kappa shape index (κ1) is 18.6.